The Morgan fingerprint density at radius 1 is 1.35 bits per heavy atom. The van der Waals surface area contributed by atoms with Gasteiger partial charge in [-0.25, -0.2) is 13.8 Å². The molecule has 0 unspecified atom stereocenters. The number of aromatic nitrogens is 1. The smallest absolute Gasteiger partial charge is 0.224 e. The van der Waals surface area contributed by atoms with Crippen LogP contribution < -0.4 is 5.32 Å². The van der Waals surface area contributed by atoms with Crippen LogP contribution in [0, 0.1) is 25.5 Å². The standard InChI is InChI=1S/C14H14F2N2OS/c1-8-13(20-9(2)17-8)5-6-14(19)18-12-4-3-10(15)7-11(12)16/h3-4,7H,5-6H2,1-2H3,(H,18,19). The summed E-state index contributed by atoms with van der Waals surface area (Å²) in [5.41, 5.74) is 0.918. The maximum Gasteiger partial charge on any atom is 0.224 e. The third-order valence-corrected chi connectivity index (χ3v) is 3.92. The van der Waals surface area contributed by atoms with E-state index in [1.807, 2.05) is 13.8 Å². The number of anilines is 1. The number of hydrogen-bond acceptors (Lipinski definition) is 3. The number of carbonyl (C=O) groups excluding carboxylic acids is 1. The first-order chi connectivity index (χ1) is 9.45. The molecular weight excluding hydrogens is 282 g/mol. The Labute approximate surface area is 119 Å². The molecule has 0 aliphatic carbocycles. The van der Waals surface area contributed by atoms with Gasteiger partial charge in [0.1, 0.15) is 11.6 Å². The van der Waals surface area contributed by atoms with Gasteiger partial charge in [-0.15, -0.1) is 11.3 Å². The monoisotopic (exact) mass is 296 g/mol. The van der Waals surface area contributed by atoms with Gasteiger partial charge in [0.15, 0.2) is 0 Å². The number of amides is 1. The van der Waals surface area contributed by atoms with Crippen LogP contribution in [-0.2, 0) is 11.2 Å². The number of halogens is 2. The Hall–Kier alpha value is -1.82. The summed E-state index contributed by atoms with van der Waals surface area (Å²) in [7, 11) is 0. The summed E-state index contributed by atoms with van der Waals surface area (Å²) in [5.74, 6) is -1.75. The predicted octanol–water partition coefficient (Wildman–Crippen LogP) is 3.61. The summed E-state index contributed by atoms with van der Waals surface area (Å²) in [6.45, 7) is 3.81. The lowest BCUT2D eigenvalue weighted by atomic mass is 10.2. The molecule has 2 aromatic rings. The molecule has 0 saturated carbocycles. The normalized spacial score (nSPS) is 10.6. The van der Waals surface area contributed by atoms with E-state index in [-0.39, 0.29) is 18.0 Å². The molecule has 0 saturated heterocycles. The summed E-state index contributed by atoms with van der Waals surface area (Å²) in [6.07, 6.45) is 0.797. The van der Waals surface area contributed by atoms with E-state index in [0.717, 1.165) is 27.7 Å². The number of nitrogens with one attached hydrogen (secondary N) is 1. The molecule has 1 N–H and O–H groups in total. The third-order valence-electron chi connectivity index (χ3n) is 2.78. The Bertz CT molecular complexity index is 640. The maximum atomic E-state index is 13.4. The van der Waals surface area contributed by atoms with Gasteiger partial charge in [-0.3, -0.25) is 4.79 Å². The van der Waals surface area contributed by atoms with Crippen molar-refractivity contribution in [2.75, 3.05) is 5.32 Å². The summed E-state index contributed by atoms with van der Waals surface area (Å²) in [6, 6.07) is 3.06. The quantitative estimate of drug-likeness (QED) is 0.936. The number of benzene rings is 1. The van der Waals surface area contributed by atoms with Gasteiger partial charge in [0.05, 0.1) is 16.4 Å². The van der Waals surface area contributed by atoms with Crippen molar-refractivity contribution in [1.82, 2.24) is 4.98 Å². The molecule has 1 heterocycles. The molecule has 0 atom stereocenters. The van der Waals surface area contributed by atoms with Crippen LogP contribution in [0.5, 0.6) is 0 Å². The number of hydrogen-bond donors (Lipinski definition) is 1. The lowest BCUT2D eigenvalue weighted by Crippen LogP contribution is -2.13. The average Bonchev–Trinajstić information content (AvgIpc) is 2.69. The molecule has 1 amide bonds. The Morgan fingerprint density at radius 3 is 2.70 bits per heavy atom. The number of aryl methyl sites for hydroxylation is 3. The van der Waals surface area contributed by atoms with Gasteiger partial charge in [0.2, 0.25) is 5.91 Å². The topological polar surface area (TPSA) is 42.0 Å². The van der Waals surface area contributed by atoms with Crippen LogP contribution in [0.1, 0.15) is 22.0 Å². The highest BCUT2D eigenvalue weighted by Crippen LogP contribution is 2.20. The molecule has 3 nitrogen and oxygen atoms in total. The zero-order valence-electron chi connectivity index (χ0n) is 11.2. The van der Waals surface area contributed by atoms with Crippen molar-refractivity contribution in [3.63, 3.8) is 0 Å². The van der Waals surface area contributed by atoms with Crippen LogP contribution in [0.25, 0.3) is 0 Å². The van der Waals surface area contributed by atoms with E-state index in [2.05, 4.69) is 10.3 Å². The van der Waals surface area contributed by atoms with E-state index < -0.39 is 11.6 Å². The number of carbonyl (C=O) groups is 1. The van der Waals surface area contributed by atoms with Crippen LogP contribution in [0.2, 0.25) is 0 Å². The van der Waals surface area contributed by atoms with Gasteiger partial charge in [-0.1, -0.05) is 0 Å². The number of nitrogens with zero attached hydrogens (tertiary/aromatic N) is 1. The van der Waals surface area contributed by atoms with Crippen LogP contribution in [-0.4, -0.2) is 10.9 Å². The fourth-order valence-corrected chi connectivity index (χ4v) is 2.77. The van der Waals surface area contributed by atoms with Crippen molar-refractivity contribution in [3.8, 4) is 0 Å². The summed E-state index contributed by atoms with van der Waals surface area (Å²) in [4.78, 5) is 17.1. The van der Waals surface area contributed by atoms with Crippen molar-refractivity contribution in [3.05, 3.63) is 45.4 Å². The zero-order chi connectivity index (χ0) is 14.7. The van der Waals surface area contributed by atoms with Crippen molar-refractivity contribution in [2.45, 2.75) is 26.7 Å². The molecule has 0 fully saturated rings. The summed E-state index contributed by atoms with van der Waals surface area (Å²) in [5, 5.41) is 3.40. The van der Waals surface area contributed by atoms with Crippen molar-refractivity contribution in [1.29, 1.82) is 0 Å². The second kappa shape index (κ2) is 6.09. The summed E-state index contributed by atoms with van der Waals surface area (Å²) < 4.78 is 26.1. The summed E-state index contributed by atoms with van der Waals surface area (Å²) >= 11 is 1.55. The van der Waals surface area contributed by atoms with Crippen LogP contribution in [0.4, 0.5) is 14.5 Å². The van der Waals surface area contributed by atoms with Crippen molar-refractivity contribution < 1.29 is 13.6 Å². The van der Waals surface area contributed by atoms with Crippen molar-refractivity contribution in [2.24, 2.45) is 0 Å². The fraction of sp³-hybridized carbons (Fsp3) is 0.286. The largest absolute Gasteiger partial charge is 0.324 e. The van der Waals surface area contributed by atoms with E-state index in [0.29, 0.717) is 6.42 Å². The highest BCUT2D eigenvalue weighted by atomic mass is 32.1. The highest BCUT2D eigenvalue weighted by Gasteiger charge is 2.10. The molecule has 1 aromatic carbocycles. The second-order valence-corrected chi connectivity index (χ2v) is 5.70. The van der Waals surface area contributed by atoms with Gasteiger partial charge in [-0.2, -0.15) is 0 Å². The van der Waals surface area contributed by atoms with E-state index in [1.165, 1.54) is 6.07 Å². The molecule has 0 bridgehead atoms. The minimum atomic E-state index is -0.775. The van der Waals surface area contributed by atoms with E-state index in [9.17, 15) is 13.6 Å². The lowest BCUT2D eigenvalue weighted by Gasteiger charge is -2.06. The second-order valence-electron chi connectivity index (χ2n) is 4.41. The van der Waals surface area contributed by atoms with E-state index >= 15 is 0 Å². The predicted molar refractivity (Wildman–Crippen MR) is 74.9 cm³/mol. The SMILES string of the molecule is Cc1nc(C)c(CCC(=O)Nc2ccc(F)cc2F)s1. The first-order valence-corrected chi connectivity index (χ1v) is 6.95. The minimum Gasteiger partial charge on any atom is -0.324 e. The molecule has 0 spiro atoms. The van der Waals surface area contributed by atoms with E-state index in [1.54, 1.807) is 11.3 Å². The average molecular weight is 296 g/mol. The Kier molecular flexibility index (Phi) is 4.44. The van der Waals surface area contributed by atoms with Crippen LogP contribution in [0.3, 0.4) is 0 Å². The molecule has 0 aliphatic heterocycles. The number of rotatable bonds is 4. The molecule has 20 heavy (non-hydrogen) atoms. The Morgan fingerprint density at radius 2 is 2.10 bits per heavy atom. The van der Waals surface area contributed by atoms with Gasteiger partial charge in [-0.05, 0) is 32.4 Å². The molecule has 6 heteroatoms. The molecule has 2 rings (SSSR count). The Balaban J connectivity index is 1.94. The zero-order valence-corrected chi connectivity index (χ0v) is 12.0. The van der Waals surface area contributed by atoms with Crippen LogP contribution in [0.15, 0.2) is 18.2 Å². The van der Waals surface area contributed by atoms with Gasteiger partial charge in [0.25, 0.3) is 0 Å². The van der Waals surface area contributed by atoms with Crippen molar-refractivity contribution >= 4 is 22.9 Å². The first-order valence-electron chi connectivity index (χ1n) is 6.13. The highest BCUT2D eigenvalue weighted by molar-refractivity contribution is 7.11. The molecule has 0 aliphatic rings. The molecule has 106 valence electrons. The third kappa shape index (κ3) is 3.60. The maximum absolute atomic E-state index is 13.4. The van der Waals surface area contributed by atoms with Gasteiger partial charge in [0, 0.05) is 17.4 Å². The number of thiazole rings is 1. The first kappa shape index (κ1) is 14.6. The van der Waals surface area contributed by atoms with Gasteiger partial charge < -0.3 is 5.32 Å². The van der Waals surface area contributed by atoms with Crippen LogP contribution >= 0.6 is 11.3 Å². The fourth-order valence-electron chi connectivity index (χ4n) is 1.84. The molecule has 0 radical (unpaired) electrons. The molecular formula is C14H14F2N2OS. The van der Waals surface area contributed by atoms with Gasteiger partial charge >= 0.3 is 0 Å². The van der Waals surface area contributed by atoms with E-state index in [4.69, 9.17) is 0 Å². The minimum absolute atomic E-state index is 0.00592. The molecule has 1 aromatic heterocycles. The lowest BCUT2D eigenvalue weighted by molar-refractivity contribution is -0.116.